The van der Waals surface area contributed by atoms with Crippen molar-refractivity contribution in [2.75, 3.05) is 14.2 Å². The molecule has 1 aliphatic carbocycles. The van der Waals surface area contributed by atoms with Gasteiger partial charge < -0.3 is 19.8 Å². The van der Waals surface area contributed by atoms with Crippen LogP contribution in [0.15, 0.2) is 48.7 Å². The van der Waals surface area contributed by atoms with Gasteiger partial charge in [-0.05, 0) is 30.5 Å². The van der Waals surface area contributed by atoms with E-state index in [2.05, 4.69) is 22.4 Å². The van der Waals surface area contributed by atoms with Gasteiger partial charge in [-0.3, -0.25) is 4.79 Å². The summed E-state index contributed by atoms with van der Waals surface area (Å²) in [4.78, 5) is 16.4. The molecule has 1 aliphatic rings. The Morgan fingerprint density at radius 3 is 2.60 bits per heavy atom. The highest BCUT2D eigenvalue weighted by Crippen LogP contribution is 2.42. The highest BCUT2D eigenvalue weighted by Gasteiger charge is 2.27. The summed E-state index contributed by atoms with van der Waals surface area (Å²) in [6.07, 6.45) is 8.19. The maximum Gasteiger partial charge on any atom is 0.221 e. The first kappa shape index (κ1) is 20.3. The first-order valence-electron chi connectivity index (χ1n) is 10.8. The Balaban J connectivity index is 1.71. The summed E-state index contributed by atoms with van der Waals surface area (Å²) >= 11 is 0. The summed E-state index contributed by atoms with van der Waals surface area (Å²) < 4.78 is 11.2. The lowest BCUT2D eigenvalue weighted by Crippen LogP contribution is -2.36. The number of carbonyl (C=O) groups is 1. The van der Waals surface area contributed by atoms with Crippen LogP contribution in [0.4, 0.5) is 0 Å². The molecule has 1 amide bonds. The van der Waals surface area contributed by atoms with Gasteiger partial charge in [0, 0.05) is 41.0 Å². The average Bonchev–Trinajstić information content (AvgIpc) is 3.21. The van der Waals surface area contributed by atoms with Gasteiger partial charge in [0.05, 0.1) is 14.2 Å². The number of hydrogen-bond acceptors (Lipinski definition) is 3. The maximum atomic E-state index is 13.1. The van der Waals surface area contributed by atoms with Gasteiger partial charge in [-0.25, -0.2) is 0 Å². The van der Waals surface area contributed by atoms with E-state index in [-0.39, 0.29) is 11.8 Å². The molecule has 1 fully saturated rings. The Morgan fingerprint density at radius 1 is 1.03 bits per heavy atom. The fraction of sp³-hybridized carbons (Fsp3) is 0.400. The number of benzene rings is 2. The number of aromatic nitrogens is 1. The first-order chi connectivity index (χ1) is 14.7. The molecule has 30 heavy (non-hydrogen) atoms. The molecular weight excluding hydrogens is 376 g/mol. The van der Waals surface area contributed by atoms with E-state index in [1.165, 1.54) is 19.3 Å². The molecule has 0 radical (unpaired) electrons. The van der Waals surface area contributed by atoms with Crippen molar-refractivity contribution < 1.29 is 14.3 Å². The number of hydrogen-bond donors (Lipinski definition) is 2. The van der Waals surface area contributed by atoms with E-state index in [0.717, 1.165) is 34.9 Å². The van der Waals surface area contributed by atoms with Crippen molar-refractivity contribution in [2.24, 2.45) is 0 Å². The molecule has 0 saturated heterocycles. The van der Waals surface area contributed by atoms with Gasteiger partial charge in [0.1, 0.15) is 0 Å². The molecule has 3 aromatic rings. The Bertz CT molecular complexity index is 1000. The third-order valence-electron chi connectivity index (χ3n) is 6.17. The normalized spacial score (nSPS) is 15.7. The van der Waals surface area contributed by atoms with E-state index in [9.17, 15) is 4.79 Å². The van der Waals surface area contributed by atoms with E-state index in [0.29, 0.717) is 24.0 Å². The highest BCUT2D eigenvalue weighted by atomic mass is 16.5. The van der Waals surface area contributed by atoms with Crippen LogP contribution in [0.25, 0.3) is 10.9 Å². The quantitative estimate of drug-likeness (QED) is 0.570. The van der Waals surface area contributed by atoms with E-state index in [1.54, 1.807) is 14.2 Å². The molecule has 0 unspecified atom stereocenters. The molecule has 0 aliphatic heterocycles. The van der Waals surface area contributed by atoms with Crippen molar-refractivity contribution in [1.29, 1.82) is 0 Å². The zero-order chi connectivity index (χ0) is 20.9. The molecule has 5 nitrogen and oxygen atoms in total. The number of nitrogens with one attached hydrogen (secondary N) is 2. The number of amides is 1. The van der Waals surface area contributed by atoms with Crippen LogP contribution in [0.1, 0.15) is 55.6 Å². The van der Waals surface area contributed by atoms with Crippen LogP contribution < -0.4 is 14.8 Å². The number of rotatable bonds is 7. The van der Waals surface area contributed by atoms with Crippen LogP contribution in [-0.2, 0) is 4.79 Å². The topological polar surface area (TPSA) is 63.3 Å². The number of fused-ring (bicyclic) bond motifs is 1. The monoisotopic (exact) mass is 406 g/mol. The van der Waals surface area contributed by atoms with Crippen LogP contribution in [0, 0.1) is 0 Å². The summed E-state index contributed by atoms with van der Waals surface area (Å²) in [7, 11) is 3.29. The molecule has 1 atom stereocenters. The minimum Gasteiger partial charge on any atom is -0.493 e. The molecule has 158 valence electrons. The van der Waals surface area contributed by atoms with Crippen molar-refractivity contribution in [3.8, 4) is 11.5 Å². The summed E-state index contributed by atoms with van der Waals surface area (Å²) in [6, 6.07) is 14.4. The highest BCUT2D eigenvalue weighted by molar-refractivity contribution is 5.86. The van der Waals surface area contributed by atoms with Crippen molar-refractivity contribution in [1.82, 2.24) is 10.3 Å². The summed E-state index contributed by atoms with van der Waals surface area (Å²) in [5, 5.41) is 4.40. The molecule has 1 heterocycles. The van der Waals surface area contributed by atoms with E-state index < -0.39 is 0 Å². The second-order valence-electron chi connectivity index (χ2n) is 8.03. The summed E-state index contributed by atoms with van der Waals surface area (Å²) in [6.45, 7) is 0. The average molecular weight is 407 g/mol. The lowest BCUT2D eigenvalue weighted by atomic mass is 9.86. The van der Waals surface area contributed by atoms with Crippen LogP contribution in [0.2, 0.25) is 0 Å². The standard InChI is InChI=1S/C25H30N2O3/c1-29-23-14-8-12-19(25(23)30-2)20(15-24(28)27-17-9-4-3-5-10-17)21-16-26-22-13-7-6-11-18(21)22/h6-8,11-14,16-17,20,26H,3-5,9-10,15H2,1-2H3,(H,27,28)/t20-/m1/s1. The predicted octanol–water partition coefficient (Wildman–Crippen LogP) is 5.16. The molecular formula is C25H30N2O3. The number of aromatic amines is 1. The minimum atomic E-state index is -0.144. The van der Waals surface area contributed by atoms with E-state index >= 15 is 0 Å². The molecule has 4 rings (SSSR count). The lowest BCUT2D eigenvalue weighted by Gasteiger charge is -2.25. The Labute approximate surface area is 177 Å². The van der Waals surface area contributed by atoms with Gasteiger partial charge in [0.25, 0.3) is 0 Å². The van der Waals surface area contributed by atoms with Gasteiger partial charge in [0.15, 0.2) is 11.5 Å². The van der Waals surface area contributed by atoms with Crippen LogP contribution >= 0.6 is 0 Å². The fourth-order valence-electron chi connectivity index (χ4n) is 4.68. The van der Waals surface area contributed by atoms with Crippen molar-refractivity contribution >= 4 is 16.8 Å². The lowest BCUT2D eigenvalue weighted by molar-refractivity contribution is -0.122. The summed E-state index contributed by atoms with van der Waals surface area (Å²) in [5.41, 5.74) is 3.11. The molecule has 0 spiro atoms. The maximum absolute atomic E-state index is 13.1. The number of carbonyl (C=O) groups excluding carboxylic acids is 1. The SMILES string of the molecule is COc1cccc([C@@H](CC(=O)NC2CCCCC2)c2c[nH]c3ccccc23)c1OC. The van der Waals surface area contributed by atoms with Crippen molar-refractivity contribution in [3.63, 3.8) is 0 Å². The molecule has 0 bridgehead atoms. The first-order valence-corrected chi connectivity index (χ1v) is 10.8. The fourth-order valence-corrected chi connectivity index (χ4v) is 4.68. The van der Waals surface area contributed by atoms with Crippen molar-refractivity contribution in [2.45, 2.75) is 50.5 Å². The summed E-state index contributed by atoms with van der Waals surface area (Å²) in [5.74, 6) is 1.30. The smallest absolute Gasteiger partial charge is 0.221 e. The van der Waals surface area contributed by atoms with Gasteiger partial charge in [-0.15, -0.1) is 0 Å². The van der Waals surface area contributed by atoms with E-state index in [1.807, 2.05) is 36.5 Å². The van der Waals surface area contributed by atoms with E-state index in [4.69, 9.17) is 9.47 Å². The number of ether oxygens (including phenoxy) is 2. The van der Waals surface area contributed by atoms with Crippen LogP contribution in [0.3, 0.4) is 0 Å². The van der Waals surface area contributed by atoms with Gasteiger partial charge in [-0.2, -0.15) is 0 Å². The molecule has 2 aromatic carbocycles. The predicted molar refractivity (Wildman–Crippen MR) is 119 cm³/mol. The molecule has 1 aromatic heterocycles. The van der Waals surface area contributed by atoms with Gasteiger partial charge in [0.2, 0.25) is 5.91 Å². The zero-order valence-corrected chi connectivity index (χ0v) is 17.7. The number of H-pyrrole nitrogens is 1. The Morgan fingerprint density at radius 2 is 1.83 bits per heavy atom. The van der Waals surface area contributed by atoms with Crippen molar-refractivity contribution in [3.05, 3.63) is 59.8 Å². The number of methoxy groups -OCH3 is 2. The Hall–Kier alpha value is -2.95. The third-order valence-corrected chi connectivity index (χ3v) is 6.17. The van der Waals surface area contributed by atoms with Crippen LogP contribution in [-0.4, -0.2) is 31.2 Å². The zero-order valence-electron chi connectivity index (χ0n) is 17.7. The minimum absolute atomic E-state index is 0.0852. The third kappa shape index (κ3) is 4.16. The van der Waals surface area contributed by atoms with Gasteiger partial charge >= 0.3 is 0 Å². The largest absolute Gasteiger partial charge is 0.493 e. The molecule has 5 heteroatoms. The Kier molecular flexibility index (Phi) is 6.26. The molecule has 2 N–H and O–H groups in total. The molecule has 1 saturated carbocycles. The van der Waals surface area contributed by atoms with Gasteiger partial charge in [-0.1, -0.05) is 49.6 Å². The number of para-hydroxylation sites is 2. The second-order valence-corrected chi connectivity index (χ2v) is 8.03. The van der Waals surface area contributed by atoms with Crippen LogP contribution in [0.5, 0.6) is 11.5 Å². The second kappa shape index (κ2) is 9.24.